The number of hydrogen-bond acceptors (Lipinski definition) is 2. The van der Waals surface area contributed by atoms with Crippen LogP contribution >= 0.6 is 0 Å². The maximum absolute atomic E-state index is 11.8. The molecule has 3 nitrogen and oxygen atoms in total. The molecule has 14 heavy (non-hydrogen) atoms. The molecule has 1 aliphatic rings. The molecule has 82 valence electrons. The summed E-state index contributed by atoms with van der Waals surface area (Å²) in [5, 5.41) is 3.22. The lowest BCUT2D eigenvalue weighted by Crippen LogP contribution is -2.35. The first-order valence-corrected chi connectivity index (χ1v) is 5.37. The van der Waals surface area contributed by atoms with E-state index in [9.17, 15) is 4.79 Å². The number of carbonyl (C=O) groups is 1. The molecule has 1 amide bonds. The van der Waals surface area contributed by atoms with Crippen LogP contribution in [0, 0.1) is 5.41 Å². The van der Waals surface area contributed by atoms with Crippen LogP contribution in [0.4, 0.5) is 0 Å². The summed E-state index contributed by atoms with van der Waals surface area (Å²) in [4.78, 5) is 13.8. The Morgan fingerprint density at radius 2 is 2.14 bits per heavy atom. The summed E-state index contributed by atoms with van der Waals surface area (Å²) in [5.74, 6) is 0.301. The normalized spacial score (nSPS) is 22.9. The van der Waals surface area contributed by atoms with E-state index in [1.165, 1.54) is 0 Å². The molecule has 0 saturated carbocycles. The van der Waals surface area contributed by atoms with Crippen LogP contribution in [0.3, 0.4) is 0 Å². The smallest absolute Gasteiger partial charge is 0.223 e. The third kappa shape index (κ3) is 3.29. The number of nitrogens with one attached hydrogen (secondary N) is 1. The molecule has 1 aliphatic heterocycles. The van der Waals surface area contributed by atoms with Gasteiger partial charge in [-0.2, -0.15) is 0 Å². The van der Waals surface area contributed by atoms with E-state index in [0.717, 1.165) is 19.5 Å². The predicted octanol–water partition coefficient (Wildman–Crippen LogP) is 1.24. The predicted molar refractivity (Wildman–Crippen MR) is 58.1 cm³/mol. The SMILES string of the molecule is CN[C@H]1CCN(C(=O)CC(C)(C)C)C1. The van der Waals surface area contributed by atoms with E-state index in [-0.39, 0.29) is 5.41 Å². The summed E-state index contributed by atoms with van der Waals surface area (Å²) in [6.45, 7) is 8.12. The first-order valence-electron chi connectivity index (χ1n) is 5.37. The van der Waals surface area contributed by atoms with Gasteiger partial charge in [-0.05, 0) is 18.9 Å². The second-order valence-corrected chi connectivity index (χ2v) is 5.35. The summed E-state index contributed by atoms with van der Waals surface area (Å²) in [6, 6.07) is 0.499. The van der Waals surface area contributed by atoms with Gasteiger partial charge >= 0.3 is 0 Å². The summed E-state index contributed by atoms with van der Waals surface area (Å²) >= 11 is 0. The molecular formula is C11H22N2O. The van der Waals surface area contributed by atoms with Crippen molar-refractivity contribution in [2.45, 2.75) is 39.7 Å². The molecule has 1 saturated heterocycles. The van der Waals surface area contributed by atoms with Crippen LogP contribution in [-0.4, -0.2) is 37.0 Å². The van der Waals surface area contributed by atoms with Crippen LogP contribution in [0.5, 0.6) is 0 Å². The highest BCUT2D eigenvalue weighted by Gasteiger charge is 2.27. The van der Waals surface area contributed by atoms with Gasteiger partial charge in [0.2, 0.25) is 5.91 Å². The average molecular weight is 198 g/mol. The van der Waals surface area contributed by atoms with E-state index < -0.39 is 0 Å². The van der Waals surface area contributed by atoms with Gasteiger partial charge in [-0.25, -0.2) is 0 Å². The van der Waals surface area contributed by atoms with Crippen LogP contribution in [-0.2, 0) is 4.79 Å². The largest absolute Gasteiger partial charge is 0.341 e. The Hall–Kier alpha value is -0.570. The van der Waals surface area contributed by atoms with E-state index in [1.807, 2.05) is 11.9 Å². The van der Waals surface area contributed by atoms with Gasteiger partial charge in [-0.15, -0.1) is 0 Å². The molecule has 0 aromatic carbocycles. The third-order valence-corrected chi connectivity index (χ3v) is 2.63. The number of likely N-dealkylation sites (N-methyl/N-ethyl adjacent to an activating group) is 1. The van der Waals surface area contributed by atoms with E-state index in [1.54, 1.807) is 0 Å². The van der Waals surface area contributed by atoms with Crippen molar-refractivity contribution < 1.29 is 4.79 Å². The maximum atomic E-state index is 11.8. The summed E-state index contributed by atoms with van der Waals surface area (Å²) in [6.07, 6.45) is 1.75. The summed E-state index contributed by atoms with van der Waals surface area (Å²) in [5.41, 5.74) is 0.106. The van der Waals surface area contributed by atoms with Crippen molar-refractivity contribution in [3.8, 4) is 0 Å². The van der Waals surface area contributed by atoms with Gasteiger partial charge in [0, 0.05) is 25.6 Å². The standard InChI is InChI=1S/C11H22N2O/c1-11(2,3)7-10(14)13-6-5-9(8-13)12-4/h9,12H,5-8H2,1-4H3/t9-/m0/s1. The van der Waals surface area contributed by atoms with E-state index in [0.29, 0.717) is 18.4 Å². The van der Waals surface area contributed by atoms with Crippen molar-refractivity contribution in [1.29, 1.82) is 0 Å². The zero-order valence-electron chi connectivity index (χ0n) is 9.76. The molecule has 0 aromatic heterocycles. The lowest BCUT2D eigenvalue weighted by Gasteiger charge is -2.22. The maximum Gasteiger partial charge on any atom is 0.223 e. The van der Waals surface area contributed by atoms with Crippen LogP contribution in [0.2, 0.25) is 0 Å². The third-order valence-electron chi connectivity index (χ3n) is 2.63. The lowest BCUT2D eigenvalue weighted by atomic mass is 9.92. The molecule has 0 unspecified atom stereocenters. The molecule has 0 spiro atoms. The first kappa shape index (κ1) is 11.5. The van der Waals surface area contributed by atoms with E-state index >= 15 is 0 Å². The fourth-order valence-corrected chi connectivity index (χ4v) is 1.79. The monoisotopic (exact) mass is 198 g/mol. The Kier molecular flexibility index (Phi) is 3.53. The minimum absolute atomic E-state index is 0.106. The first-order chi connectivity index (χ1) is 6.42. The van der Waals surface area contributed by atoms with Gasteiger partial charge < -0.3 is 10.2 Å². The molecular weight excluding hydrogens is 176 g/mol. The number of carbonyl (C=O) groups excluding carboxylic acids is 1. The molecule has 1 fully saturated rings. The second-order valence-electron chi connectivity index (χ2n) is 5.35. The highest BCUT2D eigenvalue weighted by Crippen LogP contribution is 2.21. The van der Waals surface area contributed by atoms with E-state index in [2.05, 4.69) is 26.1 Å². The molecule has 0 bridgehead atoms. The molecule has 1 heterocycles. The van der Waals surface area contributed by atoms with Gasteiger partial charge in [0.1, 0.15) is 0 Å². The minimum Gasteiger partial charge on any atom is -0.341 e. The number of rotatable bonds is 2. The average Bonchev–Trinajstić information content (AvgIpc) is 2.48. The zero-order valence-corrected chi connectivity index (χ0v) is 9.76. The Morgan fingerprint density at radius 3 is 2.57 bits per heavy atom. The quantitative estimate of drug-likeness (QED) is 0.724. The minimum atomic E-state index is 0.106. The number of likely N-dealkylation sites (tertiary alicyclic amines) is 1. The molecule has 1 N–H and O–H groups in total. The van der Waals surface area contributed by atoms with Crippen molar-refractivity contribution in [3.63, 3.8) is 0 Å². The Labute approximate surface area is 86.9 Å². The Morgan fingerprint density at radius 1 is 1.50 bits per heavy atom. The molecule has 0 aliphatic carbocycles. The van der Waals surface area contributed by atoms with Crippen molar-refractivity contribution in [2.24, 2.45) is 5.41 Å². The van der Waals surface area contributed by atoms with Gasteiger partial charge in [0.05, 0.1) is 0 Å². The highest BCUT2D eigenvalue weighted by atomic mass is 16.2. The fraction of sp³-hybridized carbons (Fsp3) is 0.909. The molecule has 0 radical (unpaired) electrons. The van der Waals surface area contributed by atoms with Crippen molar-refractivity contribution >= 4 is 5.91 Å². The topological polar surface area (TPSA) is 32.3 Å². The van der Waals surface area contributed by atoms with Gasteiger partial charge in [-0.1, -0.05) is 20.8 Å². The van der Waals surface area contributed by atoms with Gasteiger partial charge in [0.15, 0.2) is 0 Å². The van der Waals surface area contributed by atoms with Crippen LogP contribution < -0.4 is 5.32 Å². The molecule has 1 atom stereocenters. The van der Waals surface area contributed by atoms with Crippen LogP contribution in [0.1, 0.15) is 33.6 Å². The summed E-state index contributed by atoms with van der Waals surface area (Å²) < 4.78 is 0. The highest BCUT2D eigenvalue weighted by molar-refractivity contribution is 5.77. The van der Waals surface area contributed by atoms with Crippen LogP contribution in [0.15, 0.2) is 0 Å². The number of hydrogen-bond donors (Lipinski definition) is 1. The zero-order chi connectivity index (χ0) is 10.8. The lowest BCUT2D eigenvalue weighted by molar-refractivity contribution is -0.132. The summed E-state index contributed by atoms with van der Waals surface area (Å²) in [7, 11) is 1.96. The second kappa shape index (κ2) is 4.30. The Bertz CT molecular complexity index is 208. The molecule has 1 rings (SSSR count). The van der Waals surface area contributed by atoms with Crippen molar-refractivity contribution in [1.82, 2.24) is 10.2 Å². The number of amides is 1. The van der Waals surface area contributed by atoms with Crippen LogP contribution in [0.25, 0.3) is 0 Å². The van der Waals surface area contributed by atoms with Crippen molar-refractivity contribution in [3.05, 3.63) is 0 Å². The van der Waals surface area contributed by atoms with Gasteiger partial charge in [-0.3, -0.25) is 4.79 Å². The van der Waals surface area contributed by atoms with E-state index in [4.69, 9.17) is 0 Å². The van der Waals surface area contributed by atoms with Gasteiger partial charge in [0.25, 0.3) is 0 Å². The Balaban J connectivity index is 2.40. The van der Waals surface area contributed by atoms with Crippen molar-refractivity contribution in [2.75, 3.05) is 20.1 Å². The number of nitrogens with zero attached hydrogens (tertiary/aromatic N) is 1. The fourth-order valence-electron chi connectivity index (χ4n) is 1.79. The molecule has 0 aromatic rings. The molecule has 3 heteroatoms.